The third-order valence-electron chi connectivity index (χ3n) is 2.20. The van der Waals surface area contributed by atoms with Gasteiger partial charge in [-0.3, -0.25) is 15.6 Å². The van der Waals surface area contributed by atoms with Crippen LogP contribution < -0.4 is 20.9 Å². The number of halogens is 1. The van der Waals surface area contributed by atoms with Gasteiger partial charge in [-0.1, -0.05) is 6.08 Å². The summed E-state index contributed by atoms with van der Waals surface area (Å²) in [5.74, 6) is -0.367. The molecular formula is C13H16FN3O2S. The van der Waals surface area contributed by atoms with Crippen molar-refractivity contribution in [2.24, 2.45) is 0 Å². The molecule has 1 aromatic rings. The Morgan fingerprint density at radius 1 is 1.45 bits per heavy atom. The zero-order chi connectivity index (χ0) is 15.0. The first-order valence-corrected chi connectivity index (χ1v) is 6.30. The maximum atomic E-state index is 12.7. The largest absolute Gasteiger partial charge is 0.481 e. The van der Waals surface area contributed by atoms with Gasteiger partial charge in [0.25, 0.3) is 5.91 Å². The fourth-order valence-electron chi connectivity index (χ4n) is 1.20. The smallest absolute Gasteiger partial charge is 0.279 e. The van der Waals surface area contributed by atoms with E-state index in [4.69, 9.17) is 17.0 Å². The number of nitrogens with one attached hydrogen (secondary N) is 3. The monoisotopic (exact) mass is 297 g/mol. The molecule has 0 heterocycles. The lowest BCUT2D eigenvalue weighted by Crippen LogP contribution is -2.50. The minimum atomic E-state index is -0.754. The average molecular weight is 297 g/mol. The van der Waals surface area contributed by atoms with Crippen molar-refractivity contribution in [1.29, 1.82) is 0 Å². The van der Waals surface area contributed by atoms with Crippen molar-refractivity contribution in [2.75, 3.05) is 6.54 Å². The third-order valence-corrected chi connectivity index (χ3v) is 2.45. The molecule has 0 aliphatic rings. The lowest BCUT2D eigenvalue weighted by molar-refractivity contribution is -0.127. The Balaban J connectivity index is 2.37. The molecule has 0 unspecified atom stereocenters. The van der Waals surface area contributed by atoms with Crippen molar-refractivity contribution in [3.8, 4) is 5.75 Å². The Labute approximate surface area is 122 Å². The topological polar surface area (TPSA) is 62.4 Å². The highest BCUT2D eigenvalue weighted by molar-refractivity contribution is 7.80. The van der Waals surface area contributed by atoms with Gasteiger partial charge < -0.3 is 10.1 Å². The molecule has 0 aromatic heterocycles. The van der Waals surface area contributed by atoms with E-state index < -0.39 is 12.0 Å². The molecule has 1 amide bonds. The number of hydrogen-bond donors (Lipinski definition) is 3. The number of carbonyl (C=O) groups excluding carboxylic acids is 1. The van der Waals surface area contributed by atoms with Crippen LogP contribution in [-0.2, 0) is 4.79 Å². The fraction of sp³-hybridized carbons (Fsp3) is 0.231. The fourth-order valence-corrected chi connectivity index (χ4v) is 1.33. The molecule has 3 N–H and O–H groups in total. The Hall–Kier alpha value is -2.15. The van der Waals surface area contributed by atoms with Gasteiger partial charge in [0.2, 0.25) is 0 Å². The van der Waals surface area contributed by atoms with Crippen LogP contribution in [0, 0.1) is 5.82 Å². The van der Waals surface area contributed by atoms with Crippen molar-refractivity contribution < 1.29 is 13.9 Å². The quantitative estimate of drug-likeness (QED) is 0.434. The number of rotatable bonds is 5. The van der Waals surface area contributed by atoms with Crippen LogP contribution >= 0.6 is 12.2 Å². The molecule has 0 aliphatic heterocycles. The molecule has 0 aliphatic carbocycles. The van der Waals surface area contributed by atoms with Crippen LogP contribution in [0.4, 0.5) is 4.39 Å². The van der Waals surface area contributed by atoms with Crippen LogP contribution in [0.15, 0.2) is 36.9 Å². The summed E-state index contributed by atoms with van der Waals surface area (Å²) in [5, 5.41) is 3.06. The number of ether oxygens (including phenoxy) is 1. The Morgan fingerprint density at radius 3 is 2.70 bits per heavy atom. The second-order valence-electron chi connectivity index (χ2n) is 3.83. The summed E-state index contributed by atoms with van der Waals surface area (Å²) in [5.41, 5.74) is 4.92. The van der Waals surface area contributed by atoms with Crippen LogP contribution in [0.25, 0.3) is 0 Å². The molecule has 0 bridgehead atoms. The van der Waals surface area contributed by atoms with E-state index in [-0.39, 0.29) is 10.9 Å². The van der Waals surface area contributed by atoms with E-state index >= 15 is 0 Å². The number of carbonyl (C=O) groups is 1. The van der Waals surface area contributed by atoms with Gasteiger partial charge in [0, 0.05) is 6.54 Å². The summed E-state index contributed by atoms with van der Waals surface area (Å²) in [6.07, 6.45) is 0.881. The maximum absolute atomic E-state index is 12.7. The number of benzene rings is 1. The highest BCUT2D eigenvalue weighted by Crippen LogP contribution is 2.12. The molecule has 0 saturated heterocycles. The van der Waals surface area contributed by atoms with Gasteiger partial charge in [0.15, 0.2) is 11.2 Å². The van der Waals surface area contributed by atoms with E-state index in [0.717, 1.165) is 0 Å². The van der Waals surface area contributed by atoms with E-state index in [1.54, 1.807) is 13.0 Å². The highest BCUT2D eigenvalue weighted by atomic mass is 32.1. The zero-order valence-electron chi connectivity index (χ0n) is 11.0. The van der Waals surface area contributed by atoms with Gasteiger partial charge in [-0.2, -0.15) is 0 Å². The number of amides is 1. The SMILES string of the molecule is C=CCNC(=S)NNC(=O)[C@H](C)Oc1ccc(F)cc1. The molecule has 20 heavy (non-hydrogen) atoms. The van der Waals surface area contributed by atoms with Gasteiger partial charge in [0.1, 0.15) is 11.6 Å². The van der Waals surface area contributed by atoms with E-state index in [9.17, 15) is 9.18 Å². The van der Waals surface area contributed by atoms with E-state index in [2.05, 4.69) is 22.7 Å². The van der Waals surface area contributed by atoms with Crippen molar-refractivity contribution in [3.05, 3.63) is 42.7 Å². The number of hydrogen-bond acceptors (Lipinski definition) is 3. The van der Waals surface area contributed by atoms with Gasteiger partial charge in [-0.15, -0.1) is 6.58 Å². The Kier molecular flexibility index (Phi) is 6.45. The minimum absolute atomic E-state index is 0.271. The predicted molar refractivity (Wildman–Crippen MR) is 78.6 cm³/mol. The van der Waals surface area contributed by atoms with Gasteiger partial charge in [-0.25, -0.2) is 4.39 Å². The van der Waals surface area contributed by atoms with Gasteiger partial charge in [0.05, 0.1) is 0 Å². The Bertz CT molecular complexity index is 479. The normalized spacial score (nSPS) is 11.1. The van der Waals surface area contributed by atoms with Crippen molar-refractivity contribution >= 4 is 23.2 Å². The summed E-state index contributed by atoms with van der Waals surface area (Å²) in [6.45, 7) is 5.58. The summed E-state index contributed by atoms with van der Waals surface area (Å²) in [4.78, 5) is 11.7. The van der Waals surface area contributed by atoms with Crippen LogP contribution in [-0.4, -0.2) is 23.7 Å². The second-order valence-corrected chi connectivity index (χ2v) is 4.24. The van der Waals surface area contributed by atoms with E-state index in [1.165, 1.54) is 24.3 Å². The van der Waals surface area contributed by atoms with Crippen LogP contribution in [0.2, 0.25) is 0 Å². The first-order valence-electron chi connectivity index (χ1n) is 5.89. The first kappa shape index (κ1) is 15.9. The first-order chi connectivity index (χ1) is 9.52. The molecule has 108 valence electrons. The van der Waals surface area contributed by atoms with Crippen molar-refractivity contribution in [2.45, 2.75) is 13.0 Å². The molecule has 0 fully saturated rings. The maximum Gasteiger partial charge on any atom is 0.279 e. The van der Waals surface area contributed by atoms with E-state index in [0.29, 0.717) is 12.3 Å². The molecule has 1 atom stereocenters. The highest BCUT2D eigenvalue weighted by Gasteiger charge is 2.14. The molecule has 0 spiro atoms. The molecule has 1 aromatic carbocycles. The minimum Gasteiger partial charge on any atom is -0.481 e. The standard InChI is InChI=1S/C13H16FN3O2S/c1-3-8-15-13(20)17-16-12(18)9(2)19-11-6-4-10(14)5-7-11/h3-7,9H,1,8H2,2H3,(H,16,18)(H2,15,17,20)/t9-/m0/s1. The van der Waals surface area contributed by atoms with Gasteiger partial charge in [-0.05, 0) is 43.4 Å². The van der Waals surface area contributed by atoms with Crippen LogP contribution in [0.5, 0.6) is 5.75 Å². The lowest BCUT2D eigenvalue weighted by atomic mass is 10.3. The summed E-state index contributed by atoms with van der Waals surface area (Å²) in [6, 6.07) is 5.41. The average Bonchev–Trinajstić information content (AvgIpc) is 2.44. The molecule has 5 nitrogen and oxygen atoms in total. The van der Waals surface area contributed by atoms with Crippen molar-refractivity contribution in [1.82, 2.24) is 16.2 Å². The summed E-state index contributed by atoms with van der Waals surface area (Å²) < 4.78 is 18.1. The number of hydrazine groups is 1. The summed E-state index contributed by atoms with van der Waals surface area (Å²) >= 11 is 4.90. The van der Waals surface area contributed by atoms with Gasteiger partial charge >= 0.3 is 0 Å². The van der Waals surface area contributed by atoms with E-state index in [1.807, 2.05) is 0 Å². The Morgan fingerprint density at radius 2 is 2.10 bits per heavy atom. The molecule has 7 heteroatoms. The molecule has 1 rings (SSSR count). The summed E-state index contributed by atoms with van der Waals surface area (Å²) in [7, 11) is 0. The third kappa shape index (κ3) is 5.66. The predicted octanol–water partition coefficient (Wildman–Crippen LogP) is 1.27. The van der Waals surface area contributed by atoms with Crippen LogP contribution in [0.3, 0.4) is 0 Å². The second kappa shape index (κ2) is 8.11. The van der Waals surface area contributed by atoms with Crippen LogP contribution in [0.1, 0.15) is 6.92 Å². The zero-order valence-corrected chi connectivity index (χ0v) is 11.8. The number of thiocarbonyl (C=S) groups is 1. The molecule has 0 radical (unpaired) electrons. The lowest BCUT2D eigenvalue weighted by Gasteiger charge is -2.16. The molecule has 0 saturated carbocycles. The molecular weight excluding hydrogens is 281 g/mol. The van der Waals surface area contributed by atoms with Crippen molar-refractivity contribution in [3.63, 3.8) is 0 Å².